The third-order valence-electron chi connectivity index (χ3n) is 4.86. The van der Waals surface area contributed by atoms with Crippen molar-refractivity contribution < 1.29 is 9.31 Å². The second-order valence-electron chi connectivity index (χ2n) is 7.39. The molecule has 1 rings (SSSR count). The zero-order chi connectivity index (χ0) is 18.9. The molecule has 0 radical (unpaired) electrons. The first-order valence-electron chi connectivity index (χ1n) is 11.1. The van der Waals surface area contributed by atoms with Gasteiger partial charge < -0.3 is 9.31 Å². The Morgan fingerprint density at radius 3 is 1.65 bits per heavy atom. The Bertz CT molecular complexity index is 409. The van der Waals surface area contributed by atoms with Crippen molar-refractivity contribution in [1.82, 2.24) is 0 Å². The molecule has 0 atom stereocenters. The maximum atomic E-state index is 5.98. The van der Waals surface area contributed by atoms with E-state index >= 15 is 0 Å². The van der Waals surface area contributed by atoms with Crippen LogP contribution in [0.25, 0.3) is 0 Å². The van der Waals surface area contributed by atoms with Gasteiger partial charge in [-0.2, -0.15) is 0 Å². The predicted octanol–water partition coefficient (Wildman–Crippen LogP) is 6.31. The van der Waals surface area contributed by atoms with Crippen molar-refractivity contribution in [3.05, 3.63) is 29.8 Å². The number of aryl methyl sites for hydroxylation is 1. The van der Waals surface area contributed by atoms with Gasteiger partial charge >= 0.3 is 7.12 Å². The van der Waals surface area contributed by atoms with Crippen molar-refractivity contribution in [1.29, 1.82) is 0 Å². The van der Waals surface area contributed by atoms with Crippen LogP contribution in [0.5, 0.6) is 0 Å². The molecular formula is C23H41BO2. The number of unbranched alkanes of at least 4 members (excludes halogenated alkanes) is 8. The van der Waals surface area contributed by atoms with Crippen LogP contribution in [0, 0.1) is 0 Å². The standard InChI is InChI=1S/C23H41BO2/c1-4-7-10-11-12-13-14-15-22-16-18-23(19-17-22)24(25-20-8-5-2)26-21-9-6-3/h16-19H,4-15,20-21H2,1-3H3. The Balaban J connectivity index is 2.37. The minimum absolute atomic E-state index is 0.208. The van der Waals surface area contributed by atoms with Gasteiger partial charge in [0.15, 0.2) is 0 Å². The molecule has 0 aromatic heterocycles. The van der Waals surface area contributed by atoms with E-state index in [2.05, 4.69) is 45.0 Å². The second-order valence-corrected chi connectivity index (χ2v) is 7.39. The number of hydrogen-bond donors (Lipinski definition) is 0. The van der Waals surface area contributed by atoms with E-state index in [1.807, 2.05) is 0 Å². The lowest BCUT2D eigenvalue weighted by Crippen LogP contribution is -2.37. The molecule has 0 amide bonds. The van der Waals surface area contributed by atoms with E-state index in [4.69, 9.17) is 9.31 Å². The molecule has 2 nitrogen and oxygen atoms in total. The minimum atomic E-state index is -0.208. The van der Waals surface area contributed by atoms with Crippen LogP contribution in [0.15, 0.2) is 24.3 Å². The number of benzene rings is 1. The van der Waals surface area contributed by atoms with Crippen molar-refractivity contribution in [2.75, 3.05) is 13.2 Å². The second kappa shape index (κ2) is 16.4. The molecule has 0 saturated carbocycles. The first-order chi connectivity index (χ1) is 12.8. The van der Waals surface area contributed by atoms with E-state index in [0.29, 0.717) is 0 Å². The fourth-order valence-corrected chi connectivity index (χ4v) is 3.04. The minimum Gasteiger partial charge on any atom is -0.407 e. The molecule has 1 aromatic carbocycles. The first kappa shape index (κ1) is 23.2. The molecule has 26 heavy (non-hydrogen) atoms. The molecule has 0 aliphatic carbocycles. The average Bonchev–Trinajstić information content (AvgIpc) is 2.67. The van der Waals surface area contributed by atoms with E-state index < -0.39 is 0 Å². The summed E-state index contributed by atoms with van der Waals surface area (Å²) >= 11 is 0. The highest BCUT2D eigenvalue weighted by Gasteiger charge is 2.20. The van der Waals surface area contributed by atoms with Crippen molar-refractivity contribution in [3.63, 3.8) is 0 Å². The van der Waals surface area contributed by atoms with E-state index in [-0.39, 0.29) is 7.12 Å². The Morgan fingerprint density at radius 2 is 1.12 bits per heavy atom. The summed E-state index contributed by atoms with van der Waals surface area (Å²) in [6.07, 6.45) is 15.2. The largest absolute Gasteiger partial charge is 0.493 e. The highest BCUT2D eigenvalue weighted by atomic mass is 16.6. The molecule has 0 heterocycles. The highest BCUT2D eigenvalue weighted by molar-refractivity contribution is 6.61. The Hall–Kier alpha value is -0.795. The van der Waals surface area contributed by atoms with Crippen LogP contribution in [-0.2, 0) is 15.7 Å². The zero-order valence-electron chi connectivity index (χ0n) is 17.6. The summed E-state index contributed by atoms with van der Waals surface area (Å²) in [6, 6.07) is 8.90. The lowest BCUT2D eigenvalue weighted by atomic mass is 9.78. The maximum Gasteiger partial charge on any atom is 0.493 e. The molecule has 0 bridgehead atoms. The third-order valence-corrected chi connectivity index (χ3v) is 4.86. The lowest BCUT2D eigenvalue weighted by Gasteiger charge is -2.15. The van der Waals surface area contributed by atoms with Gasteiger partial charge in [-0.3, -0.25) is 0 Å². The van der Waals surface area contributed by atoms with Crippen LogP contribution >= 0.6 is 0 Å². The van der Waals surface area contributed by atoms with Gasteiger partial charge in [-0.1, -0.05) is 96.4 Å². The van der Waals surface area contributed by atoms with Gasteiger partial charge in [-0.15, -0.1) is 0 Å². The Labute approximate surface area is 163 Å². The van der Waals surface area contributed by atoms with Crippen molar-refractivity contribution in [2.24, 2.45) is 0 Å². The third kappa shape index (κ3) is 11.0. The molecule has 0 fully saturated rings. The van der Waals surface area contributed by atoms with E-state index in [1.54, 1.807) is 0 Å². The molecule has 0 unspecified atom stereocenters. The average molecular weight is 360 g/mol. The van der Waals surface area contributed by atoms with Crippen LogP contribution in [0.3, 0.4) is 0 Å². The van der Waals surface area contributed by atoms with Crippen LogP contribution in [0.4, 0.5) is 0 Å². The molecular weight excluding hydrogens is 319 g/mol. The molecule has 1 aromatic rings. The van der Waals surface area contributed by atoms with Gasteiger partial charge in [-0.25, -0.2) is 0 Å². The summed E-state index contributed by atoms with van der Waals surface area (Å²) in [7, 11) is -0.208. The maximum absolute atomic E-state index is 5.98. The Kier molecular flexibility index (Phi) is 14.6. The van der Waals surface area contributed by atoms with Crippen LogP contribution in [0.1, 0.15) is 97.0 Å². The van der Waals surface area contributed by atoms with E-state index in [0.717, 1.165) is 44.4 Å². The van der Waals surface area contributed by atoms with Crippen molar-refractivity contribution in [2.45, 2.75) is 97.8 Å². The summed E-state index contributed by atoms with van der Waals surface area (Å²) in [5, 5.41) is 0. The van der Waals surface area contributed by atoms with E-state index in [1.165, 1.54) is 56.9 Å². The molecule has 0 N–H and O–H groups in total. The fourth-order valence-electron chi connectivity index (χ4n) is 3.04. The van der Waals surface area contributed by atoms with Gasteiger partial charge in [0.05, 0.1) is 0 Å². The van der Waals surface area contributed by atoms with Gasteiger partial charge in [0.2, 0.25) is 0 Å². The predicted molar refractivity (Wildman–Crippen MR) is 115 cm³/mol. The van der Waals surface area contributed by atoms with E-state index in [9.17, 15) is 0 Å². The van der Waals surface area contributed by atoms with Crippen LogP contribution < -0.4 is 5.46 Å². The van der Waals surface area contributed by atoms with Gasteiger partial charge in [0.25, 0.3) is 0 Å². The topological polar surface area (TPSA) is 18.5 Å². The zero-order valence-corrected chi connectivity index (χ0v) is 17.6. The number of hydrogen-bond acceptors (Lipinski definition) is 2. The van der Waals surface area contributed by atoms with Gasteiger partial charge in [0, 0.05) is 13.2 Å². The molecule has 0 saturated heterocycles. The van der Waals surface area contributed by atoms with Crippen molar-refractivity contribution >= 4 is 12.6 Å². The lowest BCUT2D eigenvalue weighted by molar-refractivity contribution is 0.202. The normalized spacial score (nSPS) is 11.0. The Morgan fingerprint density at radius 1 is 0.615 bits per heavy atom. The summed E-state index contributed by atoms with van der Waals surface area (Å²) in [4.78, 5) is 0. The molecule has 0 spiro atoms. The summed E-state index contributed by atoms with van der Waals surface area (Å²) in [5.41, 5.74) is 2.59. The van der Waals surface area contributed by atoms with Crippen LogP contribution in [-0.4, -0.2) is 20.3 Å². The first-order valence-corrected chi connectivity index (χ1v) is 11.1. The van der Waals surface area contributed by atoms with Gasteiger partial charge in [0.1, 0.15) is 0 Å². The monoisotopic (exact) mass is 360 g/mol. The molecule has 148 valence electrons. The highest BCUT2D eigenvalue weighted by Crippen LogP contribution is 2.10. The van der Waals surface area contributed by atoms with Gasteiger partial charge in [-0.05, 0) is 36.7 Å². The summed E-state index contributed by atoms with van der Waals surface area (Å²) < 4.78 is 12.0. The summed E-state index contributed by atoms with van der Waals surface area (Å²) in [5.74, 6) is 0. The summed E-state index contributed by atoms with van der Waals surface area (Å²) in [6.45, 7) is 8.20. The fraction of sp³-hybridized carbons (Fsp3) is 0.739. The molecule has 0 aliphatic rings. The quantitative estimate of drug-likeness (QED) is 0.239. The SMILES string of the molecule is CCCCCCCCCc1ccc(B(OCCCC)OCCCC)cc1. The number of rotatable bonds is 17. The smallest absolute Gasteiger partial charge is 0.407 e. The van der Waals surface area contributed by atoms with Crippen LogP contribution in [0.2, 0.25) is 0 Å². The molecule has 0 aliphatic heterocycles. The molecule has 3 heteroatoms. The van der Waals surface area contributed by atoms with Crippen molar-refractivity contribution in [3.8, 4) is 0 Å².